The first-order valence-corrected chi connectivity index (χ1v) is 13.5. The fraction of sp³-hybridized carbons (Fsp3) is 0.250. The molecule has 4 rings (SSSR count). The molecular formula is C24H27FN7O7P. The van der Waals surface area contributed by atoms with Crippen molar-refractivity contribution in [1.29, 1.82) is 0 Å². The second kappa shape index (κ2) is 11.9. The summed E-state index contributed by atoms with van der Waals surface area (Å²) in [5.74, 6) is -3.11. The van der Waals surface area contributed by atoms with Crippen LogP contribution in [0.1, 0.15) is 20.7 Å². The van der Waals surface area contributed by atoms with Gasteiger partial charge in [-0.05, 0) is 12.1 Å². The van der Waals surface area contributed by atoms with E-state index < -0.39 is 32.1 Å². The number of hydrogen-bond acceptors (Lipinski definition) is 9. The minimum atomic E-state index is -4.96. The number of halogens is 1. The molecule has 40 heavy (non-hydrogen) atoms. The van der Waals surface area contributed by atoms with Gasteiger partial charge in [0.15, 0.2) is 11.6 Å². The second-order valence-corrected chi connectivity index (χ2v) is 9.87. The van der Waals surface area contributed by atoms with Gasteiger partial charge in [-0.15, -0.1) is 0 Å². The number of pyridine rings is 1. The van der Waals surface area contributed by atoms with Crippen molar-refractivity contribution < 1.29 is 37.6 Å². The highest BCUT2D eigenvalue weighted by atomic mass is 31.2. The molecule has 1 aliphatic rings. The highest BCUT2D eigenvalue weighted by molar-refractivity contribution is 7.46. The van der Waals surface area contributed by atoms with Crippen LogP contribution in [0.25, 0.3) is 10.9 Å². The highest BCUT2D eigenvalue weighted by Crippen LogP contribution is 2.38. The number of aromatic nitrogens is 2. The molecule has 0 spiro atoms. The van der Waals surface area contributed by atoms with Gasteiger partial charge in [-0.3, -0.25) is 23.9 Å². The Kier molecular flexibility index (Phi) is 8.61. The summed E-state index contributed by atoms with van der Waals surface area (Å²) < 4.78 is 32.2. The van der Waals surface area contributed by atoms with E-state index in [4.69, 9.17) is 5.73 Å². The molecule has 14 nitrogen and oxygen atoms in total. The zero-order valence-corrected chi connectivity index (χ0v) is 22.2. The van der Waals surface area contributed by atoms with Crippen molar-refractivity contribution in [3.05, 3.63) is 72.1 Å². The third kappa shape index (κ3) is 6.03. The average Bonchev–Trinajstić information content (AvgIpc) is 3.35. The summed E-state index contributed by atoms with van der Waals surface area (Å²) in [6.45, 7) is -0.254. The summed E-state index contributed by atoms with van der Waals surface area (Å²) in [5.41, 5.74) is 8.29. The van der Waals surface area contributed by atoms with Crippen molar-refractivity contribution in [2.45, 2.75) is 6.73 Å². The third-order valence-electron chi connectivity index (χ3n) is 6.21. The van der Waals surface area contributed by atoms with Crippen LogP contribution >= 0.6 is 7.82 Å². The number of nitrogens with two attached hydrogens (primary N) is 1. The monoisotopic (exact) mass is 575 g/mol. The molecule has 1 saturated heterocycles. The lowest BCUT2D eigenvalue weighted by molar-refractivity contribution is -0.127. The fourth-order valence-corrected chi connectivity index (χ4v) is 4.62. The van der Waals surface area contributed by atoms with Crippen LogP contribution in [0.2, 0.25) is 0 Å². The van der Waals surface area contributed by atoms with E-state index in [2.05, 4.69) is 14.9 Å². The van der Waals surface area contributed by atoms with Crippen LogP contribution in [0.5, 0.6) is 0 Å². The minimum Gasteiger partial charge on any atom is -0.403 e. The number of anilines is 1. The Morgan fingerprint density at radius 1 is 1.18 bits per heavy atom. The van der Waals surface area contributed by atoms with Crippen molar-refractivity contribution in [3.63, 3.8) is 0 Å². The number of nitrogens with one attached hydrogen (secondary N) is 1. The van der Waals surface area contributed by atoms with Crippen LogP contribution in [0.4, 0.5) is 10.2 Å². The van der Waals surface area contributed by atoms with E-state index in [1.165, 1.54) is 23.2 Å². The molecular weight excluding hydrogens is 548 g/mol. The molecule has 1 aromatic carbocycles. The number of fused-ring (bicyclic) bond motifs is 1. The highest BCUT2D eigenvalue weighted by Gasteiger charge is 2.33. The largest absolute Gasteiger partial charge is 0.471 e. The molecule has 0 unspecified atom stereocenters. The van der Waals surface area contributed by atoms with E-state index in [9.17, 15) is 28.7 Å². The van der Waals surface area contributed by atoms with Crippen molar-refractivity contribution in [1.82, 2.24) is 24.8 Å². The SMILES string of the molecule is CNN(/C=C\N)c1ncc(F)c2c(C(=O)C(=O)N3CCN(C(=O)c4ccccc4)CC3)cn(COP(=O)(O)O)c12. The zero-order valence-electron chi connectivity index (χ0n) is 21.3. The molecule has 1 aliphatic heterocycles. The summed E-state index contributed by atoms with van der Waals surface area (Å²) in [6.07, 6.45) is 4.41. The van der Waals surface area contributed by atoms with Gasteiger partial charge in [0.2, 0.25) is 0 Å². The van der Waals surface area contributed by atoms with Gasteiger partial charge in [0.1, 0.15) is 6.73 Å². The Morgan fingerprint density at radius 3 is 2.42 bits per heavy atom. The molecule has 0 bridgehead atoms. The number of benzene rings is 1. The summed E-state index contributed by atoms with van der Waals surface area (Å²) in [4.78, 5) is 64.6. The Labute approximate surface area is 227 Å². The van der Waals surface area contributed by atoms with Crippen LogP contribution in [0.3, 0.4) is 0 Å². The second-order valence-electron chi connectivity index (χ2n) is 8.63. The molecule has 3 aromatic rings. The molecule has 5 N–H and O–H groups in total. The topological polar surface area (TPSA) is 184 Å². The first-order valence-electron chi connectivity index (χ1n) is 12.0. The molecule has 3 heterocycles. The van der Waals surface area contributed by atoms with Crippen molar-refractivity contribution in [3.8, 4) is 0 Å². The van der Waals surface area contributed by atoms with Gasteiger partial charge in [0, 0.05) is 57.4 Å². The quantitative estimate of drug-likeness (QED) is 0.122. The van der Waals surface area contributed by atoms with E-state index >= 15 is 4.39 Å². The Balaban J connectivity index is 1.64. The maximum absolute atomic E-state index is 15.2. The van der Waals surface area contributed by atoms with E-state index in [0.717, 1.165) is 23.2 Å². The lowest BCUT2D eigenvalue weighted by atomic mass is 10.1. The van der Waals surface area contributed by atoms with Crippen LogP contribution in [0, 0.1) is 5.82 Å². The predicted molar refractivity (Wildman–Crippen MR) is 141 cm³/mol. The minimum absolute atomic E-state index is 0.00875. The summed E-state index contributed by atoms with van der Waals surface area (Å²) in [7, 11) is -3.45. The number of piperazine rings is 1. The van der Waals surface area contributed by atoms with Crippen molar-refractivity contribution in [2.24, 2.45) is 5.73 Å². The number of hydrogen-bond donors (Lipinski definition) is 4. The Hall–Kier alpha value is -4.14. The summed E-state index contributed by atoms with van der Waals surface area (Å²) in [5, 5.41) is 0.968. The number of amides is 2. The number of carbonyl (C=O) groups excluding carboxylic acids is 3. The van der Waals surface area contributed by atoms with Crippen LogP contribution in [-0.2, 0) is 20.6 Å². The Morgan fingerprint density at radius 2 is 1.82 bits per heavy atom. The van der Waals surface area contributed by atoms with Crippen LogP contribution in [-0.4, -0.2) is 80.0 Å². The lowest BCUT2D eigenvalue weighted by Gasteiger charge is -2.34. The maximum atomic E-state index is 15.2. The van der Waals surface area contributed by atoms with Crippen LogP contribution in [0.15, 0.2) is 55.1 Å². The predicted octanol–water partition coefficient (Wildman–Crippen LogP) is 0.780. The number of phosphoric ester groups is 1. The molecule has 0 radical (unpaired) electrons. The van der Waals surface area contributed by atoms with E-state index in [-0.39, 0.29) is 54.4 Å². The van der Waals surface area contributed by atoms with E-state index in [0.29, 0.717) is 5.56 Å². The van der Waals surface area contributed by atoms with E-state index in [1.54, 1.807) is 35.2 Å². The van der Waals surface area contributed by atoms with Gasteiger partial charge in [0.05, 0.1) is 22.7 Å². The van der Waals surface area contributed by atoms with Gasteiger partial charge < -0.3 is 29.9 Å². The molecule has 212 valence electrons. The molecule has 16 heteroatoms. The molecule has 0 atom stereocenters. The summed E-state index contributed by atoms with van der Waals surface area (Å²) in [6, 6.07) is 8.66. The van der Waals surface area contributed by atoms with Gasteiger partial charge in [-0.2, -0.15) is 0 Å². The number of nitrogens with zero attached hydrogens (tertiary/aromatic N) is 5. The number of ketones is 1. The van der Waals surface area contributed by atoms with E-state index in [1.807, 2.05) is 0 Å². The lowest BCUT2D eigenvalue weighted by Crippen LogP contribution is -2.52. The third-order valence-corrected chi connectivity index (χ3v) is 6.66. The molecule has 0 saturated carbocycles. The smallest absolute Gasteiger partial charge is 0.403 e. The summed E-state index contributed by atoms with van der Waals surface area (Å²) >= 11 is 0. The van der Waals surface area contributed by atoms with Gasteiger partial charge in [-0.25, -0.2) is 19.4 Å². The zero-order chi connectivity index (χ0) is 29.0. The number of phosphoric acid groups is 1. The first kappa shape index (κ1) is 28.9. The number of carbonyl (C=O) groups is 3. The molecule has 2 aromatic heterocycles. The molecule has 1 fully saturated rings. The number of hydrazine groups is 1. The van der Waals surface area contributed by atoms with Crippen LogP contribution < -0.4 is 16.2 Å². The van der Waals surface area contributed by atoms with Gasteiger partial charge in [0.25, 0.3) is 17.6 Å². The first-order chi connectivity index (χ1) is 19.1. The molecule has 2 amide bonds. The molecule has 0 aliphatic carbocycles. The average molecular weight is 575 g/mol. The van der Waals surface area contributed by atoms with Gasteiger partial charge >= 0.3 is 7.82 Å². The maximum Gasteiger partial charge on any atom is 0.471 e. The fourth-order valence-electron chi connectivity index (χ4n) is 4.34. The normalized spacial score (nSPS) is 14.2. The Bertz CT molecular complexity index is 1500. The van der Waals surface area contributed by atoms with Gasteiger partial charge in [-0.1, -0.05) is 18.2 Å². The van der Waals surface area contributed by atoms with Crippen molar-refractivity contribution in [2.75, 3.05) is 38.2 Å². The number of Topliss-reactive ketones (excluding diaryl/α,β-unsaturated/α-hetero) is 1. The van der Waals surface area contributed by atoms with Crippen molar-refractivity contribution >= 4 is 42.1 Å². The standard InChI is InChI=1S/C24H27FN7O7P/c1-27-32(8-7-26)22-20-19(18(25)13-28-22)17(14-31(20)15-39-40(36,37)38)21(33)24(35)30-11-9-29(10-12-30)23(34)16-5-3-2-4-6-16/h2-8,13-14,27H,9-12,15,26H2,1H3,(H2,36,37,38)/b8-7-. The number of rotatable bonds is 9.